The second kappa shape index (κ2) is 10.2. The topological polar surface area (TPSA) is 75.4 Å². The molecule has 2 aliphatic rings. The van der Waals surface area contributed by atoms with E-state index in [-0.39, 0.29) is 24.0 Å². The van der Waals surface area contributed by atoms with Gasteiger partial charge in [0.2, 0.25) is 0 Å². The minimum absolute atomic E-state index is 0.0166. The third kappa shape index (κ3) is 4.53. The SMILES string of the molecule is CC#CC(=O)N1CC(c2cc3cc(C4CC4)ccc3c(=O)n2-c2cccc(-c3ccnc(CC)c3)c2CO)C1. The molecule has 196 valence electrons. The van der Waals surface area contributed by atoms with E-state index < -0.39 is 0 Å². The number of rotatable bonds is 6. The summed E-state index contributed by atoms with van der Waals surface area (Å²) in [6, 6.07) is 18.1. The van der Waals surface area contributed by atoms with Gasteiger partial charge in [-0.15, -0.1) is 0 Å². The maximum absolute atomic E-state index is 14.2. The smallest absolute Gasteiger partial charge is 0.298 e. The van der Waals surface area contributed by atoms with Crippen LogP contribution in [0.4, 0.5) is 0 Å². The summed E-state index contributed by atoms with van der Waals surface area (Å²) in [6.07, 6.45) is 4.97. The lowest BCUT2D eigenvalue weighted by Crippen LogP contribution is -2.49. The highest BCUT2D eigenvalue weighted by Gasteiger charge is 2.34. The average molecular weight is 518 g/mol. The molecule has 2 aromatic carbocycles. The van der Waals surface area contributed by atoms with Gasteiger partial charge in [0, 0.05) is 47.5 Å². The number of hydrogen-bond acceptors (Lipinski definition) is 4. The number of aliphatic hydroxyl groups excluding tert-OH is 1. The van der Waals surface area contributed by atoms with Gasteiger partial charge in [0.25, 0.3) is 11.5 Å². The van der Waals surface area contributed by atoms with E-state index in [9.17, 15) is 14.7 Å². The highest BCUT2D eigenvalue weighted by atomic mass is 16.3. The molecule has 39 heavy (non-hydrogen) atoms. The Hall–Kier alpha value is -4.21. The fourth-order valence-corrected chi connectivity index (χ4v) is 5.65. The van der Waals surface area contributed by atoms with E-state index in [4.69, 9.17) is 0 Å². The third-order valence-corrected chi connectivity index (χ3v) is 7.98. The molecule has 0 spiro atoms. The largest absolute Gasteiger partial charge is 0.392 e. The van der Waals surface area contributed by atoms with Crippen LogP contribution in [-0.4, -0.2) is 38.6 Å². The Morgan fingerprint density at radius 3 is 2.62 bits per heavy atom. The highest BCUT2D eigenvalue weighted by molar-refractivity contribution is 5.94. The van der Waals surface area contributed by atoms with Crippen molar-refractivity contribution in [3.8, 4) is 28.7 Å². The molecular formula is C33H31N3O3. The summed E-state index contributed by atoms with van der Waals surface area (Å²) in [5, 5.41) is 12.2. The molecule has 0 atom stereocenters. The minimum Gasteiger partial charge on any atom is -0.392 e. The standard InChI is InChI=1S/C33H31N3O3/c1-3-6-32(38)35-18-25(19-35)31-17-24-15-22(21-9-10-21)11-12-28(24)33(39)36(31)30-8-5-7-27(29(30)20-37)23-13-14-34-26(4-2)16-23/h5,7-8,11-17,21,25,37H,4,9-10,18-20H2,1-2H3. The van der Waals surface area contributed by atoms with Gasteiger partial charge < -0.3 is 10.0 Å². The van der Waals surface area contributed by atoms with Gasteiger partial charge in [-0.3, -0.25) is 19.1 Å². The molecule has 6 rings (SSSR count). The van der Waals surface area contributed by atoms with Gasteiger partial charge >= 0.3 is 0 Å². The quantitative estimate of drug-likeness (QED) is 0.368. The van der Waals surface area contributed by atoms with Crippen LogP contribution in [0.2, 0.25) is 0 Å². The maximum Gasteiger partial charge on any atom is 0.298 e. The Balaban J connectivity index is 1.54. The molecule has 6 nitrogen and oxygen atoms in total. The van der Waals surface area contributed by atoms with Crippen molar-refractivity contribution in [3.63, 3.8) is 0 Å². The van der Waals surface area contributed by atoms with E-state index in [1.165, 1.54) is 18.4 Å². The lowest BCUT2D eigenvalue weighted by molar-refractivity contribution is -0.129. The van der Waals surface area contributed by atoms with Crippen LogP contribution < -0.4 is 5.56 Å². The number of carbonyl (C=O) groups excluding carboxylic acids is 1. The Morgan fingerprint density at radius 1 is 1.08 bits per heavy atom. The Labute approximate surface area is 227 Å². The second-order valence-corrected chi connectivity index (χ2v) is 10.5. The lowest BCUT2D eigenvalue weighted by Gasteiger charge is -2.39. The van der Waals surface area contributed by atoms with Crippen LogP contribution in [0, 0.1) is 11.8 Å². The summed E-state index contributed by atoms with van der Waals surface area (Å²) < 4.78 is 1.76. The van der Waals surface area contributed by atoms with Crippen molar-refractivity contribution < 1.29 is 9.90 Å². The number of pyridine rings is 2. The Morgan fingerprint density at radius 2 is 1.90 bits per heavy atom. The molecule has 1 aliphatic carbocycles. The predicted octanol–water partition coefficient (Wildman–Crippen LogP) is 4.93. The summed E-state index contributed by atoms with van der Waals surface area (Å²) in [5.41, 5.74) is 6.16. The third-order valence-electron chi connectivity index (χ3n) is 7.98. The summed E-state index contributed by atoms with van der Waals surface area (Å²) in [6.45, 7) is 4.49. The van der Waals surface area contributed by atoms with Gasteiger partial charge in [-0.2, -0.15) is 0 Å². The highest BCUT2D eigenvalue weighted by Crippen LogP contribution is 2.41. The first-order valence-electron chi connectivity index (χ1n) is 13.6. The van der Waals surface area contributed by atoms with Crippen LogP contribution in [0.1, 0.15) is 61.0 Å². The number of nitrogens with zero attached hydrogens (tertiary/aromatic N) is 3. The monoisotopic (exact) mass is 517 g/mol. The Bertz CT molecular complexity index is 1720. The van der Waals surface area contributed by atoms with Crippen LogP contribution in [-0.2, 0) is 17.8 Å². The molecule has 6 heteroatoms. The number of benzene rings is 2. The summed E-state index contributed by atoms with van der Waals surface area (Å²) >= 11 is 0. The van der Waals surface area contributed by atoms with Crippen molar-refractivity contribution in [2.24, 2.45) is 0 Å². The van der Waals surface area contributed by atoms with E-state index in [2.05, 4.69) is 41.9 Å². The fourth-order valence-electron chi connectivity index (χ4n) is 5.65. The van der Waals surface area contributed by atoms with E-state index in [0.717, 1.165) is 34.3 Å². The van der Waals surface area contributed by atoms with Gasteiger partial charge in [-0.25, -0.2) is 0 Å². The number of aliphatic hydroxyl groups is 1. The molecule has 4 aromatic rings. The van der Waals surface area contributed by atoms with Crippen molar-refractivity contribution in [1.29, 1.82) is 0 Å². The van der Waals surface area contributed by atoms with Gasteiger partial charge in [0.05, 0.1) is 12.3 Å². The number of aromatic nitrogens is 2. The van der Waals surface area contributed by atoms with Crippen LogP contribution in [0.15, 0.2) is 65.6 Å². The van der Waals surface area contributed by atoms with Crippen LogP contribution in [0.3, 0.4) is 0 Å². The maximum atomic E-state index is 14.2. The number of likely N-dealkylation sites (tertiary alicyclic amines) is 1. The minimum atomic E-state index is -0.221. The van der Waals surface area contributed by atoms with Gasteiger partial charge in [-0.1, -0.05) is 37.1 Å². The first kappa shape index (κ1) is 25.1. The molecule has 0 unspecified atom stereocenters. The van der Waals surface area contributed by atoms with Crippen molar-refractivity contribution in [2.45, 2.75) is 51.6 Å². The van der Waals surface area contributed by atoms with Crippen LogP contribution in [0.25, 0.3) is 27.6 Å². The first-order chi connectivity index (χ1) is 19.0. The zero-order chi connectivity index (χ0) is 27.1. The van der Waals surface area contributed by atoms with Crippen molar-refractivity contribution in [3.05, 3.63) is 93.7 Å². The normalized spacial score (nSPS) is 15.1. The molecule has 1 saturated heterocycles. The fraction of sp³-hybridized carbons (Fsp3) is 0.303. The predicted molar refractivity (Wildman–Crippen MR) is 153 cm³/mol. The number of carbonyl (C=O) groups is 1. The molecule has 1 amide bonds. The zero-order valence-corrected chi connectivity index (χ0v) is 22.3. The molecule has 1 aliphatic heterocycles. The second-order valence-electron chi connectivity index (χ2n) is 10.5. The molecule has 0 radical (unpaired) electrons. The summed E-state index contributed by atoms with van der Waals surface area (Å²) in [4.78, 5) is 32.7. The number of hydrogen-bond donors (Lipinski definition) is 1. The summed E-state index contributed by atoms with van der Waals surface area (Å²) in [5.74, 6) is 5.67. The lowest BCUT2D eigenvalue weighted by atomic mass is 9.92. The van der Waals surface area contributed by atoms with Crippen molar-refractivity contribution >= 4 is 16.7 Å². The number of fused-ring (bicyclic) bond motifs is 1. The van der Waals surface area contributed by atoms with E-state index in [0.29, 0.717) is 35.6 Å². The molecule has 1 saturated carbocycles. The van der Waals surface area contributed by atoms with Gasteiger partial charge in [-0.05, 0) is 90.4 Å². The molecule has 3 heterocycles. The molecule has 1 N–H and O–H groups in total. The number of aryl methyl sites for hydroxylation is 1. The Kier molecular flexibility index (Phi) is 6.54. The van der Waals surface area contributed by atoms with Gasteiger partial charge in [0.1, 0.15) is 0 Å². The summed E-state index contributed by atoms with van der Waals surface area (Å²) in [7, 11) is 0. The first-order valence-corrected chi connectivity index (χ1v) is 13.6. The van der Waals surface area contributed by atoms with Crippen LogP contribution >= 0.6 is 0 Å². The van der Waals surface area contributed by atoms with E-state index >= 15 is 0 Å². The molecule has 0 bridgehead atoms. The molecule has 2 aromatic heterocycles. The van der Waals surface area contributed by atoms with Crippen LogP contribution in [0.5, 0.6) is 0 Å². The van der Waals surface area contributed by atoms with Gasteiger partial charge in [0.15, 0.2) is 0 Å². The van der Waals surface area contributed by atoms with Crippen molar-refractivity contribution in [2.75, 3.05) is 13.1 Å². The van der Waals surface area contributed by atoms with Crippen molar-refractivity contribution in [1.82, 2.24) is 14.5 Å². The average Bonchev–Trinajstić information content (AvgIpc) is 3.78. The van der Waals surface area contributed by atoms with E-state index in [1.807, 2.05) is 36.4 Å². The molecule has 2 fully saturated rings. The number of amides is 1. The van der Waals surface area contributed by atoms with E-state index in [1.54, 1.807) is 22.6 Å². The molecular weight excluding hydrogens is 486 g/mol. The zero-order valence-electron chi connectivity index (χ0n) is 22.3.